The molecule has 2 aromatic heterocycles. The van der Waals surface area contributed by atoms with Crippen molar-refractivity contribution in [2.24, 2.45) is 0 Å². The Balaban J connectivity index is 1.75. The van der Waals surface area contributed by atoms with Crippen molar-refractivity contribution in [1.29, 1.82) is 0 Å². The Kier molecular flexibility index (Phi) is 5.57. The van der Waals surface area contributed by atoms with Crippen LogP contribution in [0.25, 0.3) is 16.5 Å². The fourth-order valence-electron chi connectivity index (χ4n) is 4.11. The maximum absolute atomic E-state index is 13.3. The predicted octanol–water partition coefficient (Wildman–Crippen LogP) is 5.02. The van der Waals surface area contributed by atoms with Gasteiger partial charge in [0.15, 0.2) is 0 Å². The van der Waals surface area contributed by atoms with Gasteiger partial charge in [-0.2, -0.15) is 23.0 Å². The Morgan fingerprint density at radius 2 is 1.64 bits per heavy atom. The van der Waals surface area contributed by atoms with Crippen molar-refractivity contribution in [3.05, 3.63) is 88.1 Å². The number of fused-ring (bicyclic) bond motifs is 1. The first-order valence-electron chi connectivity index (χ1n) is 10.2. The third kappa shape index (κ3) is 3.90. The van der Waals surface area contributed by atoms with Crippen molar-refractivity contribution in [2.45, 2.75) is 33.0 Å². The van der Waals surface area contributed by atoms with Crippen molar-refractivity contribution in [1.82, 2.24) is 14.3 Å². The number of nitrogens with zero attached hydrogens (tertiary/aromatic N) is 3. The number of para-hydroxylation sites is 2. The van der Waals surface area contributed by atoms with E-state index in [1.54, 1.807) is 55.8 Å². The van der Waals surface area contributed by atoms with E-state index in [1.165, 1.54) is 22.9 Å². The van der Waals surface area contributed by atoms with E-state index in [2.05, 4.69) is 10.4 Å². The molecule has 170 valence electrons. The first-order valence-corrected chi connectivity index (χ1v) is 10.2. The SMILES string of the molecule is Cc1c2cnn(-c3ccccc3)c(=O)c2c(C)n1[C@@H](C)C(=O)Nc1ccccc1C(F)(F)F. The van der Waals surface area contributed by atoms with Crippen LogP contribution >= 0.6 is 0 Å². The van der Waals surface area contributed by atoms with Crippen molar-refractivity contribution in [2.75, 3.05) is 5.32 Å². The fourth-order valence-corrected chi connectivity index (χ4v) is 4.11. The third-order valence-corrected chi connectivity index (χ3v) is 5.71. The van der Waals surface area contributed by atoms with Crippen LogP contribution in [0.4, 0.5) is 18.9 Å². The number of benzene rings is 2. The number of nitrogens with one attached hydrogen (secondary N) is 1. The number of rotatable bonds is 4. The average molecular weight is 454 g/mol. The maximum Gasteiger partial charge on any atom is 0.418 e. The summed E-state index contributed by atoms with van der Waals surface area (Å²) >= 11 is 0. The van der Waals surface area contributed by atoms with E-state index in [0.29, 0.717) is 27.8 Å². The number of hydrogen-bond donors (Lipinski definition) is 1. The van der Waals surface area contributed by atoms with E-state index >= 15 is 0 Å². The summed E-state index contributed by atoms with van der Waals surface area (Å²) in [7, 11) is 0. The van der Waals surface area contributed by atoms with Crippen LogP contribution in [-0.4, -0.2) is 20.3 Å². The summed E-state index contributed by atoms with van der Waals surface area (Å²) in [6.07, 6.45) is -3.04. The van der Waals surface area contributed by atoms with Crippen LogP contribution in [0, 0.1) is 13.8 Å². The molecule has 1 N–H and O–H groups in total. The van der Waals surface area contributed by atoms with Gasteiger partial charge in [0, 0.05) is 16.8 Å². The number of carbonyl (C=O) groups is 1. The number of carbonyl (C=O) groups excluding carboxylic acids is 1. The first kappa shape index (κ1) is 22.3. The van der Waals surface area contributed by atoms with Gasteiger partial charge in [-0.1, -0.05) is 30.3 Å². The molecule has 0 saturated heterocycles. The molecule has 2 aromatic carbocycles. The molecule has 0 aliphatic carbocycles. The minimum absolute atomic E-state index is 0.318. The van der Waals surface area contributed by atoms with Crippen LogP contribution in [0.5, 0.6) is 0 Å². The smallest absolute Gasteiger partial charge is 0.336 e. The highest BCUT2D eigenvalue weighted by Crippen LogP contribution is 2.35. The average Bonchev–Trinajstić information content (AvgIpc) is 3.04. The molecule has 33 heavy (non-hydrogen) atoms. The Hall–Kier alpha value is -3.88. The van der Waals surface area contributed by atoms with E-state index in [4.69, 9.17) is 0 Å². The lowest BCUT2D eigenvalue weighted by Crippen LogP contribution is -2.26. The van der Waals surface area contributed by atoms with Crippen molar-refractivity contribution < 1.29 is 18.0 Å². The second kappa shape index (κ2) is 8.23. The zero-order valence-corrected chi connectivity index (χ0v) is 18.1. The van der Waals surface area contributed by atoms with Crippen molar-refractivity contribution in [3.63, 3.8) is 0 Å². The number of aromatic nitrogens is 3. The number of amides is 1. The lowest BCUT2D eigenvalue weighted by Gasteiger charge is -2.20. The van der Waals surface area contributed by atoms with Gasteiger partial charge in [-0.25, -0.2) is 0 Å². The second-order valence-electron chi connectivity index (χ2n) is 7.74. The minimum Gasteiger partial charge on any atom is -0.336 e. The summed E-state index contributed by atoms with van der Waals surface area (Å²) in [6, 6.07) is 12.9. The normalized spacial score (nSPS) is 12.7. The van der Waals surface area contributed by atoms with E-state index in [0.717, 1.165) is 6.07 Å². The van der Waals surface area contributed by atoms with Gasteiger partial charge in [0.05, 0.1) is 28.5 Å². The minimum atomic E-state index is -4.60. The number of halogens is 3. The van der Waals surface area contributed by atoms with E-state index < -0.39 is 23.7 Å². The van der Waals surface area contributed by atoms with Crippen molar-refractivity contribution >= 4 is 22.4 Å². The Labute approximate surface area is 187 Å². The molecule has 0 unspecified atom stereocenters. The molecule has 6 nitrogen and oxygen atoms in total. The Morgan fingerprint density at radius 3 is 2.30 bits per heavy atom. The first-order chi connectivity index (χ1) is 15.6. The fraction of sp³-hybridized carbons (Fsp3) is 0.208. The predicted molar refractivity (Wildman–Crippen MR) is 120 cm³/mol. The lowest BCUT2D eigenvalue weighted by atomic mass is 10.1. The van der Waals surface area contributed by atoms with Gasteiger partial charge < -0.3 is 9.88 Å². The van der Waals surface area contributed by atoms with Gasteiger partial charge in [0.2, 0.25) is 5.91 Å². The molecule has 1 amide bonds. The maximum atomic E-state index is 13.3. The van der Waals surface area contributed by atoms with Gasteiger partial charge in [-0.3, -0.25) is 9.59 Å². The number of aryl methyl sites for hydroxylation is 2. The standard InChI is InChI=1S/C24H21F3N4O2/c1-14-18-13-28-31(17-9-5-4-6-10-17)23(33)21(18)15(2)30(14)16(3)22(32)29-20-12-8-7-11-19(20)24(25,26)27/h4-13,16H,1-3H3,(H,29,32)/t16-/m0/s1. The molecule has 2 heterocycles. The van der Waals surface area contributed by atoms with Crippen LogP contribution in [-0.2, 0) is 11.0 Å². The summed E-state index contributed by atoms with van der Waals surface area (Å²) in [6.45, 7) is 5.03. The van der Waals surface area contributed by atoms with Crippen LogP contribution < -0.4 is 10.9 Å². The summed E-state index contributed by atoms with van der Waals surface area (Å²) in [5.74, 6) is -0.630. The molecule has 0 aliphatic heterocycles. The molecule has 0 aliphatic rings. The quantitative estimate of drug-likeness (QED) is 0.471. The van der Waals surface area contributed by atoms with Crippen LogP contribution in [0.1, 0.15) is 29.9 Å². The van der Waals surface area contributed by atoms with Crippen molar-refractivity contribution in [3.8, 4) is 5.69 Å². The van der Waals surface area contributed by atoms with Gasteiger partial charge in [-0.05, 0) is 45.0 Å². The zero-order valence-electron chi connectivity index (χ0n) is 18.1. The molecule has 0 saturated carbocycles. The molecule has 0 radical (unpaired) electrons. The molecule has 0 spiro atoms. The topological polar surface area (TPSA) is 68.9 Å². The van der Waals surface area contributed by atoms with E-state index in [9.17, 15) is 22.8 Å². The summed E-state index contributed by atoms with van der Waals surface area (Å²) < 4.78 is 42.9. The summed E-state index contributed by atoms with van der Waals surface area (Å²) in [5, 5.41) is 7.64. The van der Waals surface area contributed by atoms with Crippen LogP contribution in [0.3, 0.4) is 0 Å². The van der Waals surface area contributed by atoms with Crippen LogP contribution in [0.2, 0.25) is 0 Å². The molecular weight excluding hydrogens is 433 g/mol. The van der Waals surface area contributed by atoms with E-state index in [-0.39, 0.29) is 11.2 Å². The largest absolute Gasteiger partial charge is 0.418 e. The van der Waals surface area contributed by atoms with Gasteiger partial charge in [0.25, 0.3) is 5.56 Å². The molecule has 1 atom stereocenters. The third-order valence-electron chi connectivity index (χ3n) is 5.71. The molecule has 4 aromatic rings. The summed E-state index contributed by atoms with van der Waals surface area (Å²) in [5.41, 5.74) is 0.177. The highest BCUT2D eigenvalue weighted by atomic mass is 19.4. The molecular formula is C24H21F3N4O2. The van der Waals surface area contributed by atoms with E-state index in [1.807, 2.05) is 6.07 Å². The van der Waals surface area contributed by atoms with Gasteiger partial charge >= 0.3 is 6.18 Å². The number of anilines is 1. The Morgan fingerprint density at radius 1 is 1.00 bits per heavy atom. The lowest BCUT2D eigenvalue weighted by molar-refractivity contribution is -0.137. The monoisotopic (exact) mass is 454 g/mol. The Bertz CT molecular complexity index is 1410. The number of hydrogen-bond acceptors (Lipinski definition) is 3. The van der Waals surface area contributed by atoms with Crippen LogP contribution in [0.15, 0.2) is 65.6 Å². The van der Waals surface area contributed by atoms with Gasteiger partial charge in [0.1, 0.15) is 6.04 Å². The highest BCUT2D eigenvalue weighted by Gasteiger charge is 2.34. The highest BCUT2D eigenvalue weighted by molar-refractivity contribution is 5.96. The summed E-state index contributed by atoms with van der Waals surface area (Å²) in [4.78, 5) is 26.2. The second-order valence-corrected chi connectivity index (χ2v) is 7.74. The zero-order chi connectivity index (χ0) is 23.9. The molecule has 0 bridgehead atoms. The molecule has 9 heteroatoms. The number of alkyl halides is 3. The van der Waals surface area contributed by atoms with Gasteiger partial charge in [-0.15, -0.1) is 0 Å². The molecule has 0 fully saturated rings. The molecule has 4 rings (SSSR count).